The van der Waals surface area contributed by atoms with Crippen LogP contribution in [0.4, 0.5) is 31.5 Å². The number of carbonyl (C=O) groups is 4. The van der Waals surface area contributed by atoms with Crippen LogP contribution in [-0.4, -0.2) is 23.6 Å². The van der Waals surface area contributed by atoms with E-state index in [-0.39, 0.29) is 23.3 Å². The predicted molar refractivity (Wildman–Crippen MR) is 160 cm³/mol. The molecule has 4 rings (SSSR count). The van der Waals surface area contributed by atoms with Crippen LogP contribution in [0, 0.1) is 25.5 Å². The number of aryl methyl sites for hydroxylation is 2. The lowest BCUT2D eigenvalue weighted by molar-refractivity contribution is -0.115. The van der Waals surface area contributed by atoms with Crippen molar-refractivity contribution in [1.29, 1.82) is 0 Å². The standard InChI is InChI=1S/2C16H15FN2O2/c1-10-3-6-13(17)9-15(10)19-16(21)12-4-7-14(8-5-12)18-11(2)20;1-10-5-3-4-6-15(10)19-16(21)13-8-7-12(9-14(13)17)18-11(2)20/h2*3-9H,1-2H3,(H,18,20)(H,19,21). The summed E-state index contributed by atoms with van der Waals surface area (Å²) < 4.78 is 27.1. The van der Waals surface area contributed by atoms with Gasteiger partial charge in [0.15, 0.2) is 0 Å². The SMILES string of the molecule is CC(=O)Nc1ccc(C(=O)Nc2cc(F)ccc2C)cc1.CC(=O)Nc1ccc(C(=O)Nc2ccccc2C)c(F)c1. The number of rotatable bonds is 6. The molecule has 0 unspecified atom stereocenters. The Morgan fingerprint density at radius 3 is 1.76 bits per heavy atom. The number of carbonyl (C=O) groups excluding carboxylic acids is 4. The fourth-order valence-corrected chi connectivity index (χ4v) is 3.71. The van der Waals surface area contributed by atoms with Gasteiger partial charge in [-0.2, -0.15) is 0 Å². The lowest BCUT2D eigenvalue weighted by Crippen LogP contribution is -2.15. The summed E-state index contributed by atoms with van der Waals surface area (Å²) in [6.07, 6.45) is 0. The van der Waals surface area contributed by atoms with Crippen LogP contribution in [0.25, 0.3) is 0 Å². The number of halogens is 2. The van der Waals surface area contributed by atoms with Crippen LogP contribution in [0.2, 0.25) is 0 Å². The van der Waals surface area contributed by atoms with Crippen LogP contribution in [-0.2, 0) is 9.59 Å². The van der Waals surface area contributed by atoms with Gasteiger partial charge in [-0.3, -0.25) is 19.2 Å². The van der Waals surface area contributed by atoms with Gasteiger partial charge in [-0.05, 0) is 85.6 Å². The third-order valence-corrected chi connectivity index (χ3v) is 5.84. The molecule has 0 atom stereocenters. The molecule has 0 aromatic heterocycles. The maximum absolute atomic E-state index is 13.9. The Morgan fingerprint density at radius 1 is 0.571 bits per heavy atom. The van der Waals surface area contributed by atoms with Gasteiger partial charge < -0.3 is 21.3 Å². The highest BCUT2D eigenvalue weighted by molar-refractivity contribution is 6.06. The van der Waals surface area contributed by atoms with E-state index in [4.69, 9.17) is 0 Å². The van der Waals surface area contributed by atoms with Crippen LogP contribution in [0.5, 0.6) is 0 Å². The monoisotopic (exact) mass is 572 g/mol. The Labute approximate surface area is 242 Å². The lowest BCUT2D eigenvalue weighted by Gasteiger charge is -2.09. The summed E-state index contributed by atoms with van der Waals surface area (Å²) in [4.78, 5) is 46.0. The van der Waals surface area contributed by atoms with Crippen molar-refractivity contribution in [3.05, 3.63) is 119 Å². The van der Waals surface area contributed by atoms with Crippen molar-refractivity contribution in [1.82, 2.24) is 0 Å². The summed E-state index contributed by atoms with van der Waals surface area (Å²) in [6.45, 7) is 6.38. The zero-order chi connectivity index (χ0) is 30.8. The largest absolute Gasteiger partial charge is 0.326 e. The molecule has 0 saturated heterocycles. The second-order valence-electron chi connectivity index (χ2n) is 9.32. The number of nitrogens with one attached hydrogen (secondary N) is 4. The summed E-state index contributed by atoms with van der Waals surface area (Å²) in [6, 6.07) is 21.9. The van der Waals surface area contributed by atoms with Crippen molar-refractivity contribution < 1.29 is 28.0 Å². The summed E-state index contributed by atoms with van der Waals surface area (Å²) in [7, 11) is 0. The summed E-state index contributed by atoms with van der Waals surface area (Å²) >= 11 is 0. The van der Waals surface area contributed by atoms with Crippen molar-refractivity contribution in [3.8, 4) is 0 Å². The minimum Gasteiger partial charge on any atom is -0.326 e. The van der Waals surface area contributed by atoms with Gasteiger partial charge in [0.05, 0.1) is 5.56 Å². The zero-order valence-corrected chi connectivity index (χ0v) is 23.5. The summed E-state index contributed by atoms with van der Waals surface area (Å²) in [5.74, 6) is -2.44. The number of hydrogen-bond donors (Lipinski definition) is 4. The van der Waals surface area contributed by atoms with E-state index in [9.17, 15) is 28.0 Å². The van der Waals surface area contributed by atoms with Gasteiger partial charge in [0.25, 0.3) is 11.8 Å². The quantitative estimate of drug-likeness (QED) is 0.206. The first-order chi connectivity index (χ1) is 19.9. The molecule has 0 saturated carbocycles. The summed E-state index contributed by atoms with van der Waals surface area (Å²) in [5, 5.41) is 10.4. The van der Waals surface area contributed by atoms with Crippen molar-refractivity contribution in [2.75, 3.05) is 21.3 Å². The Kier molecular flexibility index (Phi) is 10.6. The van der Waals surface area contributed by atoms with Crippen molar-refractivity contribution in [2.24, 2.45) is 0 Å². The molecule has 0 heterocycles. The minimum atomic E-state index is -0.688. The van der Waals surface area contributed by atoms with E-state index in [0.29, 0.717) is 28.3 Å². The molecule has 42 heavy (non-hydrogen) atoms. The molecular formula is C32H30F2N4O4. The highest BCUT2D eigenvalue weighted by Crippen LogP contribution is 2.19. The van der Waals surface area contributed by atoms with E-state index in [1.807, 2.05) is 19.1 Å². The highest BCUT2D eigenvalue weighted by Gasteiger charge is 2.14. The summed E-state index contributed by atoms with van der Waals surface area (Å²) in [5.41, 5.74) is 4.01. The van der Waals surface area contributed by atoms with E-state index in [2.05, 4.69) is 21.3 Å². The Balaban J connectivity index is 0.000000230. The van der Waals surface area contributed by atoms with E-state index < -0.39 is 17.5 Å². The van der Waals surface area contributed by atoms with Crippen LogP contribution in [0.1, 0.15) is 45.7 Å². The number of hydrogen-bond acceptors (Lipinski definition) is 4. The van der Waals surface area contributed by atoms with E-state index in [1.165, 1.54) is 38.1 Å². The van der Waals surface area contributed by atoms with Gasteiger partial charge in [0, 0.05) is 42.2 Å². The molecule has 0 aliphatic heterocycles. The second-order valence-corrected chi connectivity index (χ2v) is 9.32. The minimum absolute atomic E-state index is 0.0765. The topological polar surface area (TPSA) is 116 Å². The molecule has 4 amide bonds. The fourth-order valence-electron chi connectivity index (χ4n) is 3.71. The average Bonchev–Trinajstić information content (AvgIpc) is 2.92. The lowest BCUT2D eigenvalue weighted by atomic mass is 10.1. The molecule has 216 valence electrons. The third kappa shape index (κ3) is 9.09. The number of amides is 4. The number of para-hydroxylation sites is 1. The maximum Gasteiger partial charge on any atom is 0.258 e. The molecule has 0 bridgehead atoms. The highest BCUT2D eigenvalue weighted by atomic mass is 19.1. The maximum atomic E-state index is 13.9. The van der Waals surface area contributed by atoms with Gasteiger partial charge in [-0.15, -0.1) is 0 Å². The van der Waals surface area contributed by atoms with Crippen molar-refractivity contribution in [3.63, 3.8) is 0 Å². The van der Waals surface area contributed by atoms with Gasteiger partial charge in [0.2, 0.25) is 11.8 Å². The average molecular weight is 573 g/mol. The van der Waals surface area contributed by atoms with Crippen LogP contribution in [0.3, 0.4) is 0 Å². The molecule has 0 spiro atoms. The van der Waals surface area contributed by atoms with Gasteiger partial charge in [-0.1, -0.05) is 24.3 Å². The second kappa shape index (κ2) is 14.3. The fraction of sp³-hybridized carbons (Fsp3) is 0.125. The predicted octanol–water partition coefficient (Wildman–Crippen LogP) is 6.69. The molecule has 0 fully saturated rings. The van der Waals surface area contributed by atoms with Gasteiger partial charge >= 0.3 is 0 Å². The smallest absolute Gasteiger partial charge is 0.258 e. The molecule has 10 heteroatoms. The molecule has 4 N–H and O–H groups in total. The van der Waals surface area contributed by atoms with Crippen LogP contribution in [0.15, 0.2) is 84.9 Å². The molecular weight excluding hydrogens is 542 g/mol. The normalized spacial score (nSPS) is 10.0. The van der Waals surface area contributed by atoms with Crippen molar-refractivity contribution >= 4 is 46.4 Å². The van der Waals surface area contributed by atoms with E-state index in [0.717, 1.165) is 17.2 Å². The zero-order valence-electron chi connectivity index (χ0n) is 23.5. The molecule has 4 aromatic carbocycles. The molecule has 0 aliphatic carbocycles. The molecule has 4 aromatic rings. The first kappa shape index (κ1) is 31.2. The first-order valence-corrected chi connectivity index (χ1v) is 12.8. The van der Waals surface area contributed by atoms with E-state index in [1.54, 1.807) is 49.4 Å². The Morgan fingerprint density at radius 2 is 1.14 bits per heavy atom. The Bertz CT molecular complexity index is 1620. The van der Waals surface area contributed by atoms with Gasteiger partial charge in [-0.25, -0.2) is 8.78 Å². The first-order valence-electron chi connectivity index (χ1n) is 12.8. The molecule has 8 nitrogen and oxygen atoms in total. The van der Waals surface area contributed by atoms with Crippen LogP contribution >= 0.6 is 0 Å². The van der Waals surface area contributed by atoms with Crippen molar-refractivity contribution in [2.45, 2.75) is 27.7 Å². The molecule has 0 aliphatic rings. The van der Waals surface area contributed by atoms with Crippen LogP contribution < -0.4 is 21.3 Å². The third-order valence-electron chi connectivity index (χ3n) is 5.84. The van der Waals surface area contributed by atoms with Gasteiger partial charge in [0.1, 0.15) is 11.6 Å². The number of benzene rings is 4. The van der Waals surface area contributed by atoms with E-state index >= 15 is 0 Å². The Hall–Kier alpha value is -5.38. The molecule has 0 radical (unpaired) electrons. The number of anilines is 4.